The van der Waals surface area contributed by atoms with Crippen LogP contribution in [-0.4, -0.2) is 0 Å². The van der Waals surface area contributed by atoms with E-state index in [2.05, 4.69) is 118 Å². The standard InChI is InChI=1S/C53H78N2/c1-4-7-10-13-15-18-21-24-52(47-34-38-50(54)39-35-47)45-28-26-43(27-29-45)42-49(23-20-17-12-9-6-3)44-30-32-46(33-31-44)53(48-36-40-51(55)41-37-48)25-22-19-16-14-11-8-5-2/h26-41,49,52-53H,4-25,42,54-55H2,1-3H3. The molecule has 0 fully saturated rings. The Morgan fingerprint density at radius 3 is 1.00 bits per heavy atom. The molecule has 4 rings (SSSR count). The van der Waals surface area contributed by atoms with Crippen LogP contribution in [0.1, 0.15) is 213 Å². The van der Waals surface area contributed by atoms with Gasteiger partial charge in [0.15, 0.2) is 0 Å². The molecule has 0 saturated carbocycles. The largest absolute Gasteiger partial charge is 0.399 e. The molecule has 0 bridgehead atoms. The Labute approximate surface area is 338 Å². The molecule has 4 aromatic rings. The Morgan fingerprint density at radius 1 is 0.327 bits per heavy atom. The van der Waals surface area contributed by atoms with Crippen LogP contribution >= 0.6 is 0 Å². The molecule has 0 saturated heterocycles. The molecule has 0 radical (unpaired) electrons. The average molecular weight is 743 g/mol. The summed E-state index contributed by atoms with van der Waals surface area (Å²) in [6.07, 6.45) is 30.1. The minimum atomic E-state index is 0.417. The van der Waals surface area contributed by atoms with Gasteiger partial charge in [-0.2, -0.15) is 0 Å². The molecule has 0 heterocycles. The molecule has 300 valence electrons. The molecule has 2 nitrogen and oxygen atoms in total. The third-order valence-corrected chi connectivity index (χ3v) is 12.2. The molecule has 3 atom stereocenters. The second-order valence-corrected chi connectivity index (χ2v) is 16.8. The van der Waals surface area contributed by atoms with Gasteiger partial charge in [0.1, 0.15) is 0 Å². The highest BCUT2D eigenvalue weighted by Crippen LogP contribution is 2.35. The lowest BCUT2D eigenvalue weighted by Crippen LogP contribution is -2.07. The van der Waals surface area contributed by atoms with Gasteiger partial charge in [0, 0.05) is 23.2 Å². The van der Waals surface area contributed by atoms with Crippen LogP contribution in [-0.2, 0) is 6.42 Å². The van der Waals surface area contributed by atoms with E-state index in [1.165, 1.54) is 175 Å². The number of unbranched alkanes of at least 4 members (excludes halogenated alkanes) is 16. The number of nitrogens with two attached hydrogens (primary N) is 2. The van der Waals surface area contributed by atoms with Gasteiger partial charge in [-0.1, -0.05) is 216 Å². The zero-order valence-electron chi connectivity index (χ0n) is 35.4. The van der Waals surface area contributed by atoms with Gasteiger partial charge in [0.2, 0.25) is 0 Å². The molecule has 55 heavy (non-hydrogen) atoms. The zero-order valence-corrected chi connectivity index (χ0v) is 35.4. The number of anilines is 2. The summed E-state index contributed by atoms with van der Waals surface area (Å²) in [5.41, 5.74) is 22.5. The Hall–Kier alpha value is -3.52. The highest BCUT2D eigenvalue weighted by molar-refractivity contribution is 5.44. The fourth-order valence-corrected chi connectivity index (χ4v) is 8.67. The van der Waals surface area contributed by atoms with Gasteiger partial charge in [-0.15, -0.1) is 0 Å². The van der Waals surface area contributed by atoms with E-state index < -0.39 is 0 Å². The first-order valence-electron chi connectivity index (χ1n) is 22.9. The van der Waals surface area contributed by atoms with Crippen molar-refractivity contribution in [2.75, 3.05) is 11.5 Å². The monoisotopic (exact) mass is 743 g/mol. The van der Waals surface area contributed by atoms with Gasteiger partial charge in [-0.05, 0) is 89.2 Å². The van der Waals surface area contributed by atoms with Crippen molar-refractivity contribution in [2.24, 2.45) is 0 Å². The summed E-state index contributed by atoms with van der Waals surface area (Å²) in [6.45, 7) is 6.91. The maximum atomic E-state index is 6.12. The average Bonchev–Trinajstić information content (AvgIpc) is 3.21. The smallest absolute Gasteiger partial charge is 0.0314 e. The van der Waals surface area contributed by atoms with Crippen LogP contribution in [0, 0.1) is 0 Å². The lowest BCUT2D eigenvalue weighted by Gasteiger charge is -2.22. The maximum Gasteiger partial charge on any atom is 0.0314 e. The molecule has 0 spiro atoms. The number of hydrogen-bond donors (Lipinski definition) is 2. The Balaban J connectivity index is 1.48. The number of hydrogen-bond acceptors (Lipinski definition) is 2. The summed E-state index contributed by atoms with van der Waals surface area (Å²) >= 11 is 0. The molecule has 3 unspecified atom stereocenters. The second-order valence-electron chi connectivity index (χ2n) is 16.8. The number of rotatable bonds is 29. The molecule has 0 aromatic heterocycles. The van der Waals surface area contributed by atoms with E-state index in [-0.39, 0.29) is 0 Å². The molecule has 0 aliphatic rings. The Kier molecular flexibility index (Phi) is 21.2. The third-order valence-electron chi connectivity index (χ3n) is 12.2. The van der Waals surface area contributed by atoms with Crippen LogP contribution in [0.2, 0.25) is 0 Å². The quantitative estimate of drug-likeness (QED) is 0.0430. The first kappa shape index (κ1) is 44.2. The van der Waals surface area contributed by atoms with Crippen LogP contribution in [0.4, 0.5) is 11.4 Å². The highest BCUT2D eigenvalue weighted by Gasteiger charge is 2.19. The summed E-state index contributed by atoms with van der Waals surface area (Å²) in [7, 11) is 0. The van der Waals surface area contributed by atoms with Gasteiger partial charge < -0.3 is 11.5 Å². The van der Waals surface area contributed by atoms with Crippen molar-refractivity contribution in [3.63, 3.8) is 0 Å². The summed E-state index contributed by atoms with van der Waals surface area (Å²) < 4.78 is 0. The topological polar surface area (TPSA) is 52.0 Å². The normalized spacial score (nSPS) is 13.1. The van der Waals surface area contributed by atoms with E-state index in [0.29, 0.717) is 17.8 Å². The summed E-state index contributed by atoms with van der Waals surface area (Å²) in [6, 6.07) is 36.9. The van der Waals surface area contributed by atoms with Crippen molar-refractivity contribution in [1.29, 1.82) is 0 Å². The van der Waals surface area contributed by atoms with Crippen LogP contribution in [0.5, 0.6) is 0 Å². The first-order chi connectivity index (χ1) is 27.0. The molecule has 0 aliphatic heterocycles. The van der Waals surface area contributed by atoms with E-state index in [9.17, 15) is 0 Å². The maximum absolute atomic E-state index is 6.12. The fraction of sp³-hybridized carbons (Fsp3) is 0.547. The fourth-order valence-electron chi connectivity index (χ4n) is 8.67. The SMILES string of the molecule is CCCCCCCCCC(c1ccc(N)cc1)c1ccc(CC(CCCCCCC)c2ccc(C(CCCCCCCCC)c3ccc(N)cc3)cc2)cc1. The molecule has 0 aliphatic carbocycles. The van der Waals surface area contributed by atoms with Crippen molar-refractivity contribution in [3.8, 4) is 0 Å². The van der Waals surface area contributed by atoms with Crippen LogP contribution in [0.15, 0.2) is 97.1 Å². The Bertz CT molecular complexity index is 1520. The van der Waals surface area contributed by atoms with Crippen LogP contribution in [0.25, 0.3) is 0 Å². The number of nitrogen functional groups attached to an aromatic ring is 2. The van der Waals surface area contributed by atoms with E-state index in [4.69, 9.17) is 11.5 Å². The predicted octanol–water partition coefficient (Wildman–Crippen LogP) is 16.1. The highest BCUT2D eigenvalue weighted by atomic mass is 14.5. The summed E-state index contributed by atoms with van der Waals surface area (Å²) in [5, 5.41) is 0. The van der Waals surface area contributed by atoms with E-state index in [1.54, 1.807) is 0 Å². The minimum Gasteiger partial charge on any atom is -0.399 e. The molecule has 0 amide bonds. The van der Waals surface area contributed by atoms with Gasteiger partial charge in [-0.25, -0.2) is 0 Å². The second kappa shape index (κ2) is 26.4. The lowest BCUT2D eigenvalue weighted by atomic mass is 9.82. The van der Waals surface area contributed by atoms with Crippen LogP contribution < -0.4 is 11.5 Å². The molecular formula is C53H78N2. The van der Waals surface area contributed by atoms with Gasteiger partial charge >= 0.3 is 0 Å². The van der Waals surface area contributed by atoms with Crippen molar-refractivity contribution >= 4 is 11.4 Å². The lowest BCUT2D eigenvalue weighted by molar-refractivity contribution is 0.541. The molecule has 2 heteroatoms. The van der Waals surface area contributed by atoms with E-state index >= 15 is 0 Å². The molecule has 4 N–H and O–H groups in total. The van der Waals surface area contributed by atoms with Crippen LogP contribution in [0.3, 0.4) is 0 Å². The van der Waals surface area contributed by atoms with Gasteiger partial charge in [0.25, 0.3) is 0 Å². The van der Waals surface area contributed by atoms with Crippen molar-refractivity contribution in [3.05, 3.63) is 130 Å². The molecule has 4 aromatic carbocycles. The van der Waals surface area contributed by atoms with Gasteiger partial charge in [0.05, 0.1) is 0 Å². The van der Waals surface area contributed by atoms with Gasteiger partial charge in [-0.3, -0.25) is 0 Å². The molecular weight excluding hydrogens is 665 g/mol. The summed E-state index contributed by atoms with van der Waals surface area (Å²) in [5.74, 6) is 1.36. The minimum absolute atomic E-state index is 0.417. The predicted molar refractivity (Wildman–Crippen MR) is 243 cm³/mol. The first-order valence-corrected chi connectivity index (χ1v) is 22.9. The Morgan fingerprint density at radius 2 is 0.618 bits per heavy atom. The van der Waals surface area contributed by atoms with Crippen molar-refractivity contribution in [1.82, 2.24) is 0 Å². The summed E-state index contributed by atoms with van der Waals surface area (Å²) in [4.78, 5) is 0. The van der Waals surface area contributed by atoms with Crippen molar-refractivity contribution < 1.29 is 0 Å². The number of benzene rings is 4. The third kappa shape index (κ3) is 16.2. The van der Waals surface area contributed by atoms with E-state index in [1.807, 2.05) is 0 Å². The van der Waals surface area contributed by atoms with E-state index in [0.717, 1.165) is 17.8 Å². The van der Waals surface area contributed by atoms with Crippen molar-refractivity contribution in [2.45, 2.75) is 186 Å². The zero-order chi connectivity index (χ0) is 38.9.